The van der Waals surface area contributed by atoms with Gasteiger partial charge in [-0.3, -0.25) is 4.72 Å². The van der Waals surface area contributed by atoms with Crippen molar-refractivity contribution in [1.29, 1.82) is 0 Å². The molecule has 0 spiro atoms. The fourth-order valence-electron chi connectivity index (χ4n) is 1.86. The lowest BCUT2D eigenvalue weighted by molar-refractivity contribution is 0.0607. The second-order valence-corrected chi connectivity index (χ2v) is 8.85. The lowest BCUT2D eigenvalue weighted by atomic mass is 10.3. The van der Waals surface area contributed by atoms with Gasteiger partial charge >= 0.3 is 5.97 Å². The molecule has 0 atom stereocenters. The van der Waals surface area contributed by atoms with Gasteiger partial charge in [0.05, 0.1) is 17.7 Å². The number of carbonyl (C=O) groups is 1. The van der Waals surface area contributed by atoms with Crippen LogP contribution >= 0.6 is 34.0 Å². The Kier molecular flexibility index (Phi) is 4.53. The van der Waals surface area contributed by atoms with E-state index in [1.807, 2.05) is 17.5 Å². The van der Waals surface area contributed by atoms with E-state index in [2.05, 4.69) is 4.72 Å². The van der Waals surface area contributed by atoms with Crippen LogP contribution in [0.2, 0.25) is 0 Å². The highest BCUT2D eigenvalue weighted by atomic mass is 32.2. The minimum absolute atomic E-state index is 0.169. The number of hydrogen-bond donors (Lipinski definition) is 1. The minimum atomic E-state index is -3.73. The second-order valence-electron chi connectivity index (χ2n) is 4.39. The molecule has 3 rings (SSSR count). The van der Waals surface area contributed by atoms with Crippen LogP contribution in [0.3, 0.4) is 0 Å². The molecule has 0 aromatic carbocycles. The minimum Gasteiger partial charge on any atom is -0.465 e. The number of ether oxygens (including phenoxy) is 1. The normalized spacial score (nSPS) is 11.3. The molecule has 3 aromatic rings. The molecule has 0 aliphatic heterocycles. The molecule has 0 radical (unpaired) electrons. The van der Waals surface area contributed by atoms with Crippen molar-refractivity contribution in [2.75, 3.05) is 11.8 Å². The molecule has 23 heavy (non-hydrogen) atoms. The number of methoxy groups -OCH3 is 1. The van der Waals surface area contributed by atoms with E-state index in [0.717, 1.165) is 9.75 Å². The number of sulfonamides is 1. The standard InChI is InChI=1S/C14H11NO4S4/c1-19-14(16)13-10(7-12(22-13)11-3-2-5-21-11)15-23(17,18)9-4-6-20-8-9/h2-8,15H,1H3. The molecule has 1 N–H and O–H groups in total. The summed E-state index contributed by atoms with van der Waals surface area (Å²) in [5, 5.41) is 5.13. The Labute approximate surface area is 145 Å². The smallest absolute Gasteiger partial charge is 0.350 e. The maximum Gasteiger partial charge on any atom is 0.350 e. The summed E-state index contributed by atoms with van der Waals surface area (Å²) in [6.45, 7) is 0. The van der Waals surface area contributed by atoms with E-state index >= 15 is 0 Å². The first-order chi connectivity index (χ1) is 11.0. The van der Waals surface area contributed by atoms with E-state index < -0.39 is 16.0 Å². The van der Waals surface area contributed by atoms with Gasteiger partial charge in [-0.1, -0.05) is 6.07 Å². The van der Waals surface area contributed by atoms with Gasteiger partial charge in [-0.05, 0) is 29.0 Å². The van der Waals surface area contributed by atoms with Gasteiger partial charge in [0.1, 0.15) is 4.88 Å². The van der Waals surface area contributed by atoms with Crippen LogP contribution < -0.4 is 4.72 Å². The third-order valence-electron chi connectivity index (χ3n) is 2.92. The Hall–Kier alpha value is -1.68. The topological polar surface area (TPSA) is 72.5 Å². The van der Waals surface area contributed by atoms with E-state index in [-0.39, 0.29) is 15.5 Å². The van der Waals surface area contributed by atoms with Crippen LogP contribution in [0.4, 0.5) is 5.69 Å². The molecule has 0 aliphatic rings. The zero-order chi connectivity index (χ0) is 16.4. The Bertz CT molecular complexity index is 908. The molecule has 3 heterocycles. The fraction of sp³-hybridized carbons (Fsp3) is 0.0714. The van der Waals surface area contributed by atoms with Crippen molar-refractivity contribution in [1.82, 2.24) is 0 Å². The Balaban J connectivity index is 2.02. The van der Waals surface area contributed by atoms with E-state index in [1.165, 1.54) is 52.6 Å². The first-order valence-electron chi connectivity index (χ1n) is 6.32. The van der Waals surface area contributed by atoms with Crippen LogP contribution in [0.5, 0.6) is 0 Å². The molecule has 120 valence electrons. The van der Waals surface area contributed by atoms with Crippen molar-refractivity contribution in [3.05, 3.63) is 45.3 Å². The highest BCUT2D eigenvalue weighted by Crippen LogP contribution is 2.38. The predicted octanol–water partition coefficient (Wildman–Crippen LogP) is 4.13. The summed E-state index contributed by atoms with van der Waals surface area (Å²) in [5.41, 5.74) is 0.233. The molecule has 5 nitrogen and oxygen atoms in total. The van der Waals surface area contributed by atoms with Gasteiger partial charge in [0.2, 0.25) is 0 Å². The van der Waals surface area contributed by atoms with Gasteiger partial charge < -0.3 is 4.74 Å². The van der Waals surface area contributed by atoms with Crippen LogP contribution in [0.25, 0.3) is 9.75 Å². The molecule has 3 aromatic heterocycles. The summed E-state index contributed by atoms with van der Waals surface area (Å²) in [6.07, 6.45) is 0. The monoisotopic (exact) mass is 385 g/mol. The molecule has 9 heteroatoms. The number of anilines is 1. The first-order valence-corrected chi connectivity index (χ1v) is 10.4. The molecular weight excluding hydrogens is 374 g/mol. The predicted molar refractivity (Wildman–Crippen MR) is 94.1 cm³/mol. The quantitative estimate of drug-likeness (QED) is 0.671. The van der Waals surface area contributed by atoms with Crippen LogP contribution in [0, 0.1) is 0 Å². The average Bonchev–Trinajstić information content (AvgIpc) is 3.26. The summed E-state index contributed by atoms with van der Waals surface area (Å²) in [4.78, 5) is 14.1. The third kappa shape index (κ3) is 3.32. The fourth-order valence-corrected chi connectivity index (χ4v) is 5.87. The summed E-state index contributed by atoms with van der Waals surface area (Å²) in [5.74, 6) is -0.569. The van der Waals surface area contributed by atoms with Crippen LogP contribution in [-0.4, -0.2) is 21.5 Å². The molecule has 0 amide bonds. The molecule has 0 saturated heterocycles. The van der Waals surface area contributed by atoms with Crippen molar-refractivity contribution in [3.8, 4) is 9.75 Å². The maximum absolute atomic E-state index is 12.4. The van der Waals surface area contributed by atoms with Crippen molar-refractivity contribution in [2.24, 2.45) is 0 Å². The van der Waals surface area contributed by atoms with E-state index in [0.29, 0.717) is 0 Å². The zero-order valence-corrected chi connectivity index (χ0v) is 15.1. The first kappa shape index (κ1) is 16.2. The Morgan fingerprint density at radius 2 is 2.04 bits per heavy atom. The van der Waals surface area contributed by atoms with Crippen LogP contribution in [0.1, 0.15) is 9.67 Å². The third-order valence-corrected chi connectivity index (χ3v) is 7.29. The van der Waals surface area contributed by atoms with Crippen molar-refractivity contribution in [2.45, 2.75) is 4.90 Å². The number of thiophene rings is 3. The molecule has 0 bridgehead atoms. The maximum atomic E-state index is 12.4. The number of carbonyl (C=O) groups excluding carboxylic acids is 1. The molecular formula is C14H11NO4S4. The molecule has 0 unspecified atom stereocenters. The average molecular weight is 386 g/mol. The van der Waals surface area contributed by atoms with E-state index in [9.17, 15) is 13.2 Å². The largest absolute Gasteiger partial charge is 0.465 e. The summed E-state index contributed by atoms with van der Waals surface area (Å²) in [6, 6.07) is 6.98. The van der Waals surface area contributed by atoms with Crippen LogP contribution in [-0.2, 0) is 14.8 Å². The van der Waals surface area contributed by atoms with Crippen molar-refractivity contribution in [3.63, 3.8) is 0 Å². The van der Waals surface area contributed by atoms with Gasteiger partial charge in [-0.25, -0.2) is 13.2 Å². The number of esters is 1. The van der Waals surface area contributed by atoms with E-state index in [4.69, 9.17) is 4.74 Å². The van der Waals surface area contributed by atoms with Gasteiger partial charge in [-0.2, -0.15) is 11.3 Å². The lowest BCUT2D eigenvalue weighted by Crippen LogP contribution is -2.14. The zero-order valence-electron chi connectivity index (χ0n) is 11.8. The van der Waals surface area contributed by atoms with Gasteiger partial charge in [-0.15, -0.1) is 22.7 Å². The van der Waals surface area contributed by atoms with E-state index in [1.54, 1.807) is 11.4 Å². The van der Waals surface area contributed by atoms with Gasteiger partial charge in [0.15, 0.2) is 0 Å². The molecule has 0 fully saturated rings. The SMILES string of the molecule is COC(=O)c1sc(-c2cccs2)cc1NS(=O)(=O)c1ccsc1. The molecule has 0 saturated carbocycles. The summed E-state index contributed by atoms with van der Waals surface area (Å²) in [7, 11) is -2.46. The van der Waals surface area contributed by atoms with Gasteiger partial charge in [0, 0.05) is 15.1 Å². The highest BCUT2D eigenvalue weighted by molar-refractivity contribution is 7.92. The molecule has 0 aliphatic carbocycles. The Morgan fingerprint density at radius 3 is 2.65 bits per heavy atom. The number of rotatable bonds is 5. The lowest BCUT2D eigenvalue weighted by Gasteiger charge is -2.06. The van der Waals surface area contributed by atoms with Crippen molar-refractivity contribution >= 4 is 55.7 Å². The van der Waals surface area contributed by atoms with Crippen LogP contribution in [0.15, 0.2) is 45.3 Å². The number of nitrogens with one attached hydrogen (secondary N) is 1. The summed E-state index contributed by atoms with van der Waals surface area (Å²) < 4.78 is 32.0. The second kappa shape index (κ2) is 6.44. The Morgan fingerprint density at radius 1 is 1.22 bits per heavy atom. The number of hydrogen-bond acceptors (Lipinski definition) is 7. The highest BCUT2D eigenvalue weighted by Gasteiger charge is 2.23. The summed E-state index contributed by atoms with van der Waals surface area (Å²) >= 11 is 4.00. The van der Waals surface area contributed by atoms with Gasteiger partial charge in [0.25, 0.3) is 10.0 Å². The van der Waals surface area contributed by atoms with Crippen molar-refractivity contribution < 1.29 is 17.9 Å².